The lowest BCUT2D eigenvalue weighted by Gasteiger charge is -2.37. The molecule has 0 unspecified atom stereocenters. The van der Waals surface area contributed by atoms with Crippen molar-refractivity contribution in [2.75, 3.05) is 37.6 Å². The summed E-state index contributed by atoms with van der Waals surface area (Å²) in [6.45, 7) is 7.13. The highest BCUT2D eigenvalue weighted by Gasteiger charge is 2.26. The minimum Gasteiger partial charge on any atom is -0.353 e. The number of piperazine rings is 1. The van der Waals surface area contributed by atoms with Gasteiger partial charge in [0.25, 0.3) is 0 Å². The minimum atomic E-state index is -0.447. The van der Waals surface area contributed by atoms with Crippen LogP contribution >= 0.6 is 0 Å². The van der Waals surface area contributed by atoms with Gasteiger partial charge in [0.1, 0.15) is 5.82 Å². The molecule has 0 radical (unpaired) electrons. The summed E-state index contributed by atoms with van der Waals surface area (Å²) in [5.74, 6) is 0.570. The van der Waals surface area contributed by atoms with E-state index in [1.165, 1.54) is 0 Å². The van der Waals surface area contributed by atoms with Crippen molar-refractivity contribution in [1.29, 1.82) is 0 Å². The summed E-state index contributed by atoms with van der Waals surface area (Å²) in [5.41, 5.74) is 0. The van der Waals surface area contributed by atoms with Crippen molar-refractivity contribution in [3.05, 3.63) is 18.6 Å². The van der Waals surface area contributed by atoms with Gasteiger partial charge in [-0.15, -0.1) is 0 Å². The van der Waals surface area contributed by atoms with Crippen LogP contribution in [0, 0.1) is 0 Å². The van der Waals surface area contributed by atoms with Gasteiger partial charge in [0.15, 0.2) is 0 Å². The Kier molecular flexibility index (Phi) is 5.65. The highest BCUT2D eigenvalue weighted by atomic mass is 16.2. The monoisotopic (exact) mass is 306 g/mol. The zero-order valence-electron chi connectivity index (χ0n) is 13.0. The molecule has 0 bridgehead atoms. The van der Waals surface area contributed by atoms with Crippen LogP contribution in [0.25, 0.3) is 0 Å². The zero-order valence-corrected chi connectivity index (χ0v) is 13.0. The molecule has 1 aliphatic heterocycles. The second-order valence-electron chi connectivity index (χ2n) is 5.11. The summed E-state index contributed by atoms with van der Waals surface area (Å²) in [4.78, 5) is 36.0. The van der Waals surface area contributed by atoms with E-state index in [9.17, 15) is 9.59 Å². The van der Waals surface area contributed by atoms with E-state index in [1.54, 1.807) is 25.5 Å². The number of nitrogens with zero attached hydrogens (tertiary/aromatic N) is 4. The van der Waals surface area contributed by atoms with E-state index in [0.29, 0.717) is 6.54 Å². The summed E-state index contributed by atoms with van der Waals surface area (Å²) in [5, 5.41) is 4.90. The first-order valence-electron chi connectivity index (χ1n) is 7.45. The molecule has 0 spiro atoms. The molecule has 8 nitrogen and oxygen atoms in total. The van der Waals surface area contributed by atoms with Gasteiger partial charge < -0.3 is 10.2 Å². The number of hydrogen-bond donors (Lipinski definition) is 2. The van der Waals surface area contributed by atoms with Crippen LogP contribution in [0.4, 0.5) is 10.6 Å². The molecular formula is C14H22N6O2. The van der Waals surface area contributed by atoms with Crippen molar-refractivity contribution >= 4 is 17.8 Å². The molecule has 1 atom stereocenters. The van der Waals surface area contributed by atoms with Gasteiger partial charge in [-0.1, -0.05) is 0 Å². The van der Waals surface area contributed by atoms with E-state index in [1.807, 2.05) is 6.92 Å². The molecule has 0 saturated carbocycles. The Hall–Kier alpha value is -2.22. The Morgan fingerprint density at radius 3 is 2.59 bits per heavy atom. The number of carbonyl (C=O) groups is 2. The van der Waals surface area contributed by atoms with Crippen LogP contribution in [-0.2, 0) is 4.79 Å². The van der Waals surface area contributed by atoms with E-state index in [-0.39, 0.29) is 11.9 Å². The molecule has 0 aromatic carbocycles. The Labute approximate surface area is 129 Å². The molecule has 1 aliphatic rings. The van der Waals surface area contributed by atoms with Crippen LogP contribution in [0.2, 0.25) is 0 Å². The number of urea groups is 1. The molecule has 8 heteroatoms. The highest BCUT2D eigenvalue weighted by molar-refractivity contribution is 5.96. The van der Waals surface area contributed by atoms with E-state index in [0.717, 1.165) is 32.0 Å². The Bertz CT molecular complexity index is 501. The predicted octanol–water partition coefficient (Wildman–Crippen LogP) is -0.167. The quantitative estimate of drug-likeness (QED) is 0.803. The first-order valence-corrected chi connectivity index (χ1v) is 7.45. The molecule has 0 aliphatic carbocycles. The van der Waals surface area contributed by atoms with Gasteiger partial charge in [-0.25, -0.2) is 9.78 Å². The lowest BCUT2D eigenvalue weighted by Crippen LogP contribution is -2.55. The van der Waals surface area contributed by atoms with Gasteiger partial charge >= 0.3 is 6.03 Å². The molecule has 2 heterocycles. The van der Waals surface area contributed by atoms with Crippen LogP contribution in [-0.4, -0.2) is 65.6 Å². The maximum Gasteiger partial charge on any atom is 0.321 e. The van der Waals surface area contributed by atoms with Gasteiger partial charge in [-0.2, -0.15) is 0 Å². The molecule has 1 fully saturated rings. The molecule has 120 valence electrons. The molecule has 1 aromatic heterocycles. The van der Waals surface area contributed by atoms with E-state index in [2.05, 4.69) is 30.4 Å². The Morgan fingerprint density at radius 1 is 1.27 bits per heavy atom. The fourth-order valence-electron chi connectivity index (χ4n) is 2.38. The third-order valence-corrected chi connectivity index (χ3v) is 3.69. The molecular weight excluding hydrogens is 284 g/mol. The van der Waals surface area contributed by atoms with Crippen LogP contribution in [0.15, 0.2) is 18.6 Å². The maximum atomic E-state index is 12.0. The van der Waals surface area contributed by atoms with Gasteiger partial charge in [0.05, 0.1) is 12.2 Å². The Morgan fingerprint density at radius 2 is 2.00 bits per heavy atom. The third-order valence-electron chi connectivity index (χ3n) is 3.69. The van der Waals surface area contributed by atoms with Gasteiger partial charge in [-0.3, -0.25) is 20.0 Å². The number of imide groups is 1. The predicted molar refractivity (Wildman–Crippen MR) is 82.5 cm³/mol. The summed E-state index contributed by atoms with van der Waals surface area (Å²) >= 11 is 0. The fourth-order valence-corrected chi connectivity index (χ4v) is 2.38. The average Bonchev–Trinajstić information content (AvgIpc) is 2.55. The maximum absolute atomic E-state index is 12.0. The molecule has 1 aromatic rings. The van der Waals surface area contributed by atoms with Gasteiger partial charge in [0.2, 0.25) is 5.91 Å². The summed E-state index contributed by atoms with van der Waals surface area (Å²) in [7, 11) is 0. The number of rotatable bonds is 4. The average molecular weight is 306 g/mol. The lowest BCUT2D eigenvalue weighted by molar-refractivity contribution is -0.124. The van der Waals surface area contributed by atoms with Crippen molar-refractivity contribution in [2.24, 2.45) is 0 Å². The van der Waals surface area contributed by atoms with E-state index < -0.39 is 6.03 Å². The smallest absolute Gasteiger partial charge is 0.321 e. The number of anilines is 1. The number of hydrogen-bond acceptors (Lipinski definition) is 6. The fraction of sp³-hybridized carbons (Fsp3) is 0.571. The van der Waals surface area contributed by atoms with E-state index >= 15 is 0 Å². The normalized spacial score (nSPS) is 16.9. The van der Waals surface area contributed by atoms with Crippen molar-refractivity contribution in [1.82, 2.24) is 25.5 Å². The number of aromatic nitrogens is 2. The van der Waals surface area contributed by atoms with Crippen molar-refractivity contribution in [2.45, 2.75) is 19.9 Å². The standard InChI is InChI=1S/C14H22N6O2/c1-3-16-14(22)18-13(21)11(2)19-6-8-20(9-7-19)12-10-15-4-5-17-12/h4-5,10-11H,3,6-9H2,1-2H3,(H2,16,18,21,22)/t11-/m1/s1. The second-order valence-corrected chi connectivity index (χ2v) is 5.11. The number of carbonyl (C=O) groups excluding carboxylic acids is 2. The zero-order chi connectivity index (χ0) is 15.9. The van der Waals surface area contributed by atoms with E-state index in [4.69, 9.17) is 0 Å². The molecule has 1 saturated heterocycles. The minimum absolute atomic E-state index is 0.279. The summed E-state index contributed by atoms with van der Waals surface area (Å²) in [6, 6.07) is -0.788. The third kappa shape index (κ3) is 4.14. The summed E-state index contributed by atoms with van der Waals surface area (Å²) < 4.78 is 0. The van der Waals surface area contributed by atoms with Gasteiger partial charge in [-0.05, 0) is 13.8 Å². The van der Waals surface area contributed by atoms with Crippen LogP contribution in [0.3, 0.4) is 0 Å². The number of amides is 3. The van der Waals surface area contributed by atoms with Crippen molar-refractivity contribution in [3.63, 3.8) is 0 Å². The molecule has 2 N–H and O–H groups in total. The topological polar surface area (TPSA) is 90.5 Å². The molecule has 3 amide bonds. The number of nitrogens with one attached hydrogen (secondary N) is 2. The van der Waals surface area contributed by atoms with Crippen LogP contribution < -0.4 is 15.5 Å². The first-order chi connectivity index (χ1) is 10.6. The molecule has 22 heavy (non-hydrogen) atoms. The summed E-state index contributed by atoms with van der Waals surface area (Å²) in [6.07, 6.45) is 5.05. The lowest BCUT2D eigenvalue weighted by atomic mass is 10.2. The largest absolute Gasteiger partial charge is 0.353 e. The van der Waals surface area contributed by atoms with Crippen molar-refractivity contribution < 1.29 is 9.59 Å². The van der Waals surface area contributed by atoms with Gasteiger partial charge in [0, 0.05) is 45.1 Å². The molecule has 2 rings (SSSR count). The highest BCUT2D eigenvalue weighted by Crippen LogP contribution is 2.13. The van der Waals surface area contributed by atoms with Crippen LogP contribution in [0.1, 0.15) is 13.8 Å². The Balaban J connectivity index is 1.83. The first kappa shape index (κ1) is 16.2. The van der Waals surface area contributed by atoms with Crippen LogP contribution in [0.5, 0.6) is 0 Å². The SMILES string of the molecule is CCNC(=O)NC(=O)[C@@H](C)N1CCN(c2cnccn2)CC1. The second kappa shape index (κ2) is 7.69. The van der Waals surface area contributed by atoms with Crippen molar-refractivity contribution in [3.8, 4) is 0 Å².